The van der Waals surface area contributed by atoms with Gasteiger partial charge in [-0.2, -0.15) is 0 Å². The van der Waals surface area contributed by atoms with Gasteiger partial charge in [-0.25, -0.2) is 0 Å². The zero-order valence-electron chi connectivity index (χ0n) is 12.3. The second kappa shape index (κ2) is 7.81. The zero-order chi connectivity index (χ0) is 15.1. The summed E-state index contributed by atoms with van der Waals surface area (Å²) in [4.78, 5) is 23.2. The lowest BCUT2D eigenvalue weighted by atomic mass is 9.97. The van der Waals surface area contributed by atoms with Crippen molar-refractivity contribution in [2.24, 2.45) is 11.7 Å². The first kappa shape index (κ1) is 15.5. The van der Waals surface area contributed by atoms with Crippen molar-refractivity contribution in [3.63, 3.8) is 0 Å². The molecule has 0 aromatic heterocycles. The van der Waals surface area contributed by atoms with Gasteiger partial charge in [0.05, 0.1) is 5.92 Å². The lowest BCUT2D eigenvalue weighted by molar-refractivity contribution is -0.139. The van der Waals surface area contributed by atoms with Crippen molar-refractivity contribution in [1.82, 2.24) is 0 Å². The molecule has 4 nitrogen and oxygen atoms in total. The average Bonchev–Trinajstić information content (AvgIpc) is 2.61. The number of carbonyl (C=O) groups is 2. The zero-order valence-corrected chi connectivity index (χ0v) is 12.3. The van der Waals surface area contributed by atoms with E-state index in [1.165, 1.54) is 25.7 Å². The molecular formula is C17H23NO3. The highest BCUT2D eigenvalue weighted by molar-refractivity contribution is 5.92. The molecule has 0 radical (unpaired) electrons. The smallest absolute Gasteiger partial charge is 0.314 e. The summed E-state index contributed by atoms with van der Waals surface area (Å²) in [5.41, 5.74) is 5.60. The molecule has 0 saturated heterocycles. The van der Waals surface area contributed by atoms with Gasteiger partial charge < -0.3 is 10.5 Å². The minimum atomic E-state index is -0.482. The van der Waals surface area contributed by atoms with E-state index < -0.39 is 5.91 Å². The topological polar surface area (TPSA) is 69.4 Å². The van der Waals surface area contributed by atoms with E-state index in [-0.39, 0.29) is 11.9 Å². The highest BCUT2D eigenvalue weighted by atomic mass is 16.5. The number of hydrogen-bond acceptors (Lipinski definition) is 3. The highest BCUT2D eigenvalue weighted by Crippen LogP contribution is 2.24. The van der Waals surface area contributed by atoms with Gasteiger partial charge in [-0.05, 0) is 37.1 Å². The molecule has 0 atom stereocenters. The van der Waals surface area contributed by atoms with Crippen LogP contribution in [-0.4, -0.2) is 11.9 Å². The first-order valence-corrected chi connectivity index (χ1v) is 7.78. The van der Waals surface area contributed by atoms with Crippen LogP contribution in [0.2, 0.25) is 0 Å². The van der Waals surface area contributed by atoms with E-state index in [9.17, 15) is 9.59 Å². The molecule has 1 amide bonds. The Labute approximate surface area is 125 Å². The van der Waals surface area contributed by atoms with E-state index in [0.29, 0.717) is 11.3 Å². The standard InChI is InChI=1S/C17H23NO3/c18-16(19)13-9-11-15(12-10-13)21-17(20)14-7-5-3-1-2-4-6-8-14/h9-12,14H,1-8H2,(H2,18,19). The van der Waals surface area contributed by atoms with Crippen LogP contribution in [0.5, 0.6) is 5.75 Å². The van der Waals surface area contributed by atoms with Crippen LogP contribution < -0.4 is 10.5 Å². The molecule has 1 aliphatic rings. The largest absolute Gasteiger partial charge is 0.426 e. The van der Waals surface area contributed by atoms with E-state index in [0.717, 1.165) is 25.7 Å². The molecule has 1 aromatic rings. The number of primary amides is 1. The molecule has 2 N–H and O–H groups in total. The first-order chi connectivity index (χ1) is 10.2. The summed E-state index contributed by atoms with van der Waals surface area (Å²) in [6.45, 7) is 0. The predicted octanol–water partition coefficient (Wildman–Crippen LogP) is 3.44. The molecular weight excluding hydrogens is 266 g/mol. The molecule has 2 rings (SSSR count). The molecule has 0 spiro atoms. The average molecular weight is 289 g/mol. The minimum Gasteiger partial charge on any atom is -0.426 e. The molecule has 0 heterocycles. The van der Waals surface area contributed by atoms with E-state index in [1.807, 2.05) is 0 Å². The number of carbonyl (C=O) groups excluding carboxylic acids is 2. The fourth-order valence-electron chi connectivity index (χ4n) is 2.76. The molecule has 0 unspecified atom stereocenters. The molecule has 1 saturated carbocycles. The van der Waals surface area contributed by atoms with Crippen LogP contribution in [0.25, 0.3) is 0 Å². The van der Waals surface area contributed by atoms with Crippen molar-refractivity contribution in [2.75, 3.05) is 0 Å². The molecule has 0 bridgehead atoms. The fraction of sp³-hybridized carbons (Fsp3) is 0.529. The van der Waals surface area contributed by atoms with Crippen molar-refractivity contribution in [3.8, 4) is 5.75 Å². The SMILES string of the molecule is NC(=O)c1ccc(OC(=O)C2CCCCCCCC2)cc1. The summed E-state index contributed by atoms with van der Waals surface area (Å²) in [6, 6.07) is 6.39. The lowest BCUT2D eigenvalue weighted by Gasteiger charge is -2.14. The third-order valence-corrected chi connectivity index (χ3v) is 4.05. The van der Waals surface area contributed by atoms with E-state index in [4.69, 9.17) is 10.5 Å². The molecule has 1 fully saturated rings. The lowest BCUT2D eigenvalue weighted by Crippen LogP contribution is -2.20. The molecule has 0 aliphatic heterocycles. The van der Waals surface area contributed by atoms with Crippen LogP contribution in [-0.2, 0) is 4.79 Å². The van der Waals surface area contributed by atoms with Crippen LogP contribution >= 0.6 is 0 Å². The number of esters is 1. The maximum Gasteiger partial charge on any atom is 0.314 e. The van der Waals surface area contributed by atoms with E-state index >= 15 is 0 Å². The Morgan fingerprint density at radius 1 is 0.905 bits per heavy atom. The highest BCUT2D eigenvalue weighted by Gasteiger charge is 2.21. The number of amides is 1. The summed E-state index contributed by atoms with van der Waals surface area (Å²) in [5, 5.41) is 0. The van der Waals surface area contributed by atoms with Crippen molar-refractivity contribution >= 4 is 11.9 Å². The predicted molar refractivity (Wildman–Crippen MR) is 81.0 cm³/mol. The Bertz CT molecular complexity index is 471. The number of nitrogens with two attached hydrogens (primary N) is 1. The van der Waals surface area contributed by atoms with Gasteiger partial charge in [0, 0.05) is 5.56 Å². The van der Waals surface area contributed by atoms with E-state index in [2.05, 4.69) is 0 Å². The van der Waals surface area contributed by atoms with Gasteiger partial charge in [0.1, 0.15) is 5.75 Å². The van der Waals surface area contributed by atoms with Crippen LogP contribution in [0.4, 0.5) is 0 Å². The molecule has 1 aromatic carbocycles. The molecule has 114 valence electrons. The van der Waals surface area contributed by atoms with Gasteiger partial charge in [-0.15, -0.1) is 0 Å². The van der Waals surface area contributed by atoms with Gasteiger partial charge in [-0.1, -0.05) is 38.5 Å². The van der Waals surface area contributed by atoms with E-state index in [1.54, 1.807) is 24.3 Å². The normalized spacial score (nSPS) is 17.3. The van der Waals surface area contributed by atoms with Gasteiger partial charge in [0.15, 0.2) is 0 Å². The van der Waals surface area contributed by atoms with Crippen molar-refractivity contribution in [3.05, 3.63) is 29.8 Å². The molecule has 4 heteroatoms. The minimum absolute atomic E-state index is 0.00100. The number of rotatable bonds is 3. The second-order valence-corrected chi connectivity index (χ2v) is 5.71. The molecule has 21 heavy (non-hydrogen) atoms. The molecule has 1 aliphatic carbocycles. The van der Waals surface area contributed by atoms with Crippen molar-refractivity contribution < 1.29 is 14.3 Å². The maximum absolute atomic E-state index is 12.2. The van der Waals surface area contributed by atoms with Crippen LogP contribution in [0.1, 0.15) is 61.7 Å². The van der Waals surface area contributed by atoms with Gasteiger partial charge in [-0.3, -0.25) is 9.59 Å². The van der Waals surface area contributed by atoms with Gasteiger partial charge in [0.2, 0.25) is 5.91 Å². The summed E-state index contributed by atoms with van der Waals surface area (Å²) >= 11 is 0. The third-order valence-electron chi connectivity index (χ3n) is 4.05. The number of ether oxygens (including phenoxy) is 1. The Kier molecular flexibility index (Phi) is 5.78. The Morgan fingerprint density at radius 2 is 1.43 bits per heavy atom. The van der Waals surface area contributed by atoms with Crippen LogP contribution in [0.15, 0.2) is 24.3 Å². The summed E-state index contributed by atoms with van der Waals surface area (Å²) in [6.07, 6.45) is 8.98. The van der Waals surface area contributed by atoms with Crippen LogP contribution in [0, 0.1) is 5.92 Å². The maximum atomic E-state index is 12.2. The summed E-state index contributed by atoms with van der Waals surface area (Å²) in [5.74, 6) is -0.156. The summed E-state index contributed by atoms with van der Waals surface area (Å²) < 4.78 is 5.43. The number of hydrogen-bond donors (Lipinski definition) is 1. The van der Waals surface area contributed by atoms with Crippen molar-refractivity contribution in [2.45, 2.75) is 51.4 Å². The number of benzene rings is 1. The Morgan fingerprint density at radius 3 is 1.95 bits per heavy atom. The monoisotopic (exact) mass is 289 g/mol. The third kappa shape index (κ3) is 4.88. The van der Waals surface area contributed by atoms with Crippen molar-refractivity contribution in [1.29, 1.82) is 0 Å². The van der Waals surface area contributed by atoms with Gasteiger partial charge >= 0.3 is 5.97 Å². The fourth-order valence-corrected chi connectivity index (χ4v) is 2.76. The van der Waals surface area contributed by atoms with Crippen LogP contribution in [0.3, 0.4) is 0 Å². The Balaban J connectivity index is 1.93. The summed E-state index contributed by atoms with van der Waals surface area (Å²) in [7, 11) is 0. The Hall–Kier alpha value is -1.84. The first-order valence-electron chi connectivity index (χ1n) is 7.78. The second-order valence-electron chi connectivity index (χ2n) is 5.71. The quantitative estimate of drug-likeness (QED) is 0.684. The van der Waals surface area contributed by atoms with Gasteiger partial charge in [0.25, 0.3) is 0 Å².